The zero-order chi connectivity index (χ0) is 13.4. The highest BCUT2D eigenvalue weighted by Gasteiger charge is 2.32. The van der Waals surface area contributed by atoms with Gasteiger partial charge in [-0.25, -0.2) is 4.90 Å². The average Bonchev–Trinajstić information content (AvgIpc) is 2.92. The van der Waals surface area contributed by atoms with Gasteiger partial charge in [0.05, 0.1) is 5.52 Å². The van der Waals surface area contributed by atoms with Gasteiger partial charge < -0.3 is 4.57 Å². The predicted octanol–water partition coefficient (Wildman–Crippen LogP) is 2.48. The lowest BCUT2D eigenvalue weighted by Crippen LogP contribution is -2.30. The summed E-state index contributed by atoms with van der Waals surface area (Å²) in [4.78, 5) is 25.1. The van der Waals surface area contributed by atoms with Crippen LogP contribution in [0.15, 0.2) is 43.0 Å². The van der Waals surface area contributed by atoms with E-state index in [4.69, 9.17) is 0 Å². The van der Waals surface area contributed by atoms with Crippen LogP contribution < -0.4 is 4.90 Å². The molecule has 0 aliphatic carbocycles. The minimum Gasteiger partial charge on any atom is -0.323 e. The summed E-state index contributed by atoms with van der Waals surface area (Å²) in [5.74, 6) is 0.393. The van der Waals surface area contributed by atoms with Crippen LogP contribution in [0, 0.1) is 0 Å². The van der Waals surface area contributed by atoms with E-state index in [2.05, 4.69) is 6.58 Å². The third kappa shape index (κ3) is 1.76. The highest BCUT2D eigenvalue weighted by atomic mass is 16.2. The molecule has 0 atom stereocenters. The van der Waals surface area contributed by atoms with Crippen molar-refractivity contribution in [3.63, 3.8) is 0 Å². The molecule has 0 saturated carbocycles. The number of hydrogen-bond donors (Lipinski definition) is 0. The largest absolute Gasteiger partial charge is 0.323 e. The van der Waals surface area contributed by atoms with Gasteiger partial charge >= 0.3 is 0 Å². The molecule has 1 fully saturated rings. The number of para-hydroxylation sites is 1. The summed E-state index contributed by atoms with van der Waals surface area (Å²) in [6, 6.07) is 9.73. The minimum absolute atomic E-state index is 0.127. The smallest absolute Gasteiger partial charge is 0.235 e. The second kappa shape index (κ2) is 4.39. The van der Waals surface area contributed by atoms with Crippen molar-refractivity contribution < 1.29 is 9.59 Å². The van der Waals surface area contributed by atoms with E-state index in [-0.39, 0.29) is 11.8 Å². The SMILES string of the molecule is C=CCn1c(N2C(=O)CCC2=O)cc2ccccc21. The van der Waals surface area contributed by atoms with Crippen LogP contribution in [0.25, 0.3) is 10.9 Å². The number of hydrogen-bond acceptors (Lipinski definition) is 2. The Morgan fingerprint density at radius 3 is 2.53 bits per heavy atom. The van der Waals surface area contributed by atoms with Crippen LogP contribution in [0.3, 0.4) is 0 Å². The van der Waals surface area contributed by atoms with E-state index in [9.17, 15) is 9.59 Å². The van der Waals surface area contributed by atoms with Crippen LogP contribution in [0.1, 0.15) is 12.8 Å². The van der Waals surface area contributed by atoms with Gasteiger partial charge in [-0.1, -0.05) is 24.3 Å². The molecule has 1 aromatic carbocycles. The maximum Gasteiger partial charge on any atom is 0.235 e. The highest BCUT2D eigenvalue weighted by Crippen LogP contribution is 2.30. The molecule has 2 aromatic rings. The van der Waals surface area contributed by atoms with E-state index >= 15 is 0 Å². The topological polar surface area (TPSA) is 42.3 Å². The number of fused-ring (bicyclic) bond motifs is 1. The summed E-state index contributed by atoms with van der Waals surface area (Å²) in [6.07, 6.45) is 2.36. The van der Waals surface area contributed by atoms with Crippen molar-refractivity contribution >= 4 is 28.5 Å². The van der Waals surface area contributed by atoms with Gasteiger partial charge in [-0.05, 0) is 12.1 Å². The van der Waals surface area contributed by atoms with Gasteiger partial charge in [0.25, 0.3) is 0 Å². The number of carbonyl (C=O) groups is 2. The van der Waals surface area contributed by atoms with E-state index in [0.717, 1.165) is 10.9 Å². The Morgan fingerprint density at radius 2 is 1.84 bits per heavy atom. The monoisotopic (exact) mass is 254 g/mol. The number of allylic oxidation sites excluding steroid dienone is 1. The average molecular weight is 254 g/mol. The van der Waals surface area contributed by atoms with Gasteiger partial charge in [0, 0.05) is 24.8 Å². The fourth-order valence-electron chi connectivity index (χ4n) is 2.53. The van der Waals surface area contributed by atoms with Crippen molar-refractivity contribution in [2.45, 2.75) is 19.4 Å². The maximum atomic E-state index is 11.9. The van der Waals surface area contributed by atoms with E-state index < -0.39 is 0 Å². The first kappa shape index (κ1) is 11.7. The molecule has 4 heteroatoms. The number of anilines is 1. The number of rotatable bonds is 3. The Labute approximate surface area is 110 Å². The number of carbonyl (C=O) groups excluding carboxylic acids is 2. The van der Waals surface area contributed by atoms with Crippen LogP contribution >= 0.6 is 0 Å². The number of benzene rings is 1. The normalized spacial score (nSPS) is 15.5. The zero-order valence-electron chi connectivity index (χ0n) is 10.5. The molecule has 0 radical (unpaired) electrons. The molecule has 4 nitrogen and oxygen atoms in total. The van der Waals surface area contributed by atoms with Crippen LogP contribution in [0.4, 0.5) is 5.82 Å². The fraction of sp³-hybridized carbons (Fsp3) is 0.200. The highest BCUT2D eigenvalue weighted by molar-refractivity contribution is 6.20. The molecule has 1 aliphatic rings. The lowest BCUT2D eigenvalue weighted by atomic mass is 10.2. The van der Waals surface area contributed by atoms with Crippen molar-refractivity contribution in [1.29, 1.82) is 0 Å². The Balaban J connectivity index is 2.22. The third-order valence-electron chi connectivity index (χ3n) is 3.38. The quantitative estimate of drug-likeness (QED) is 0.623. The molecule has 3 rings (SSSR count). The molecule has 0 unspecified atom stereocenters. The first-order chi connectivity index (χ1) is 9.22. The Hall–Kier alpha value is -2.36. The zero-order valence-corrected chi connectivity index (χ0v) is 10.5. The molecule has 19 heavy (non-hydrogen) atoms. The summed E-state index contributed by atoms with van der Waals surface area (Å²) in [7, 11) is 0. The summed E-state index contributed by atoms with van der Waals surface area (Å²) in [6.45, 7) is 4.31. The molecule has 0 bridgehead atoms. The van der Waals surface area contributed by atoms with Gasteiger partial charge in [-0.2, -0.15) is 0 Å². The molecule has 2 amide bonds. The van der Waals surface area contributed by atoms with Crippen molar-refractivity contribution in [1.82, 2.24) is 4.57 Å². The molecule has 0 N–H and O–H groups in total. The second-order valence-electron chi connectivity index (χ2n) is 4.58. The van der Waals surface area contributed by atoms with Crippen molar-refractivity contribution in [2.75, 3.05) is 4.90 Å². The summed E-state index contributed by atoms with van der Waals surface area (Å²) in [5.41, 5.74) is 1.00. The number of aromatic nitrogens is 1. The van der Waals surface area contributed by atoms with E-state index in [1.807, 2.05) is 34.9 Å². The number of imide groups is 1. The summed E-state index contributed by atoms with van der Waals surface area (Å²) >= 11 is 0. The molecule has 1 aromatic heterocycles. The van der Waals surface area contributed by atoms with Crippen LogP contribution in [0.2, 0.25) is 0 Å². The second-order valence-corrected chi connectivity index (χ2v) is 4.58. The van der Waals surface area contributed by atoms with Gasteiger partial charge in [0.1, 0.15) is 5.82 Å². The Bertz CT molecular complexity index is 669. The Kier molecular flexibility index (Phi) is 2.71. The Morgan fingerprint density at radius 1 is 1.16 bits per heavy atom. The minimum atomic E-state index is -0.127. The third-order valence-corrected chi connectivity index (χ3v) is 3.38. The lowest BCUT2D eigenvalue weighted by Gasteiger charge is -2.16. The molecule has 96 valence electrons. The molecular formula is C15H14N2O2. The van der Waals surface area contributed by atoms with Crippen molar-refractivity contribution in [2.24, 2.45) is 0 Å². The first-order valence-corrected chi connectivity index (χ1v) is 6.27. The van der Waals surface area contributed by atoms with E-state index in [1.54, 1.807) is 6.08 Å². The lowest BCUT2D eigenvalue weighted by molar-refractivity contribution is -0.121. The van der Waals surface area contributed by atoms with Crippen LogP contribution in [-0.4, -0.2) is 16.4 Å². The van der Waals surface area contributed by atoms with Crippen LogP contribution in [0.5, 0.6) is 0 Å². The van der Waals surface area contributed by atoms with Crippen LogP contribution in [-0.2, 0) is 16.1 Å². The number of nitrogens with zero attached hydrogens (tertiary/aromatic N) is 2. The molecule has 1 saturated heterocycles. The van der Waals surface area contributed by atoms with Gasteiger partial charge in [0.15, 0.2) is 0 Å². The predicted molar refractivity (Wildman–Crippen MR) is 73.9 cm³/mol. The van der Waals surface area contributed by atoms with E-state index in [1.165, 1.54) is 4.90 Å². The molecule has 1 aliphatic heterocycles. The van der Waals surface area contributed by atoms with Gasteiger partial charge in [-0.3, -0.25) is 9.59 Å². The first-order valence-electron chi connectivity index (χ1n) is 6.27. The van der Waals surface area contributed by atoms with Gasteiger partial charge in [-0.15, -0.1) is 6.58 Å². The maximum absolute atomic E-state index is 11.9. The van der Waals surface area contributed by atoms with Gasteiger partial charge in [0.2, 0.25) is 11.8 Å². The standard InChI is InChI=1S/C15H14N2O2/c1-2-9-16-12-6-4-3-5-11(12)10-13(16)17-14(18)7-8-15(17)19/h2-6,10H,1,7-9H2. The van der Waals surface area contributed by atoms with Crippen molar-refractivity contribution in [3.8, 4) is 0 Å². The van der Waals surface area contributed by atoms with E-state index in [0.29, 0.717) is 25.2 Å². The summed E-state index contributed by atoms with van der Waals surface area (Å²) in [5, 5.41) is 1.02. The molecular weight excluding hydrogens is 240 g/mol. The molecule has 0 spiro atoms. The number of amides is 2. The molecule has 2 heterocycles. The fourth-order valence-corrected chi connectivity index (χ4v) is 2.53. The summed E-state index contributed by atoms with van der Waals surface area (Å²) < 4.78 is 1.95. The van der Waals surface area contributed by atoms with Crippen molar-refractivity contribution in [3.05, 3.63) is 43.0 Å².